The number of imidazole rings is 4. The normalized spacial score (nSPS) is 12.6. The lowest BCUT2D eigenvalue weighted by Gasteiger charge is -2.27. The smallest absolute Gasteiger partial charge is 0.423 e. The van der Waals surface area contributed by atoms with Crippen molar-refractivity contribution in [3.63, 3.8) is 0 Å². The molecule has 9 heterocycles. The lowest BCUT2D eigenvalue weighted by molar-refractivity contribution is -0.269. The molecule has 694 valence electrons. The van der Waals surface area contributed by atoms with Gasteiger partial charge in [-0.15, -0.1) is 0 Å². The number of aryl methyl sites for hydroxylation is 1. The number of rotatable bonds is 22. The van der Waals surface area contributed by atoms with Crippen molar-refractivity contribution in [3.8, 4) is 67.5 Å². The van der Waals surface area contributed by atoms with Crippen molar-refractivity contribution in [2.75, 3.05) is 14.2 Å². The van der Waals surface area contributed by atoms with E-state index in [1.807, 2.05) is 140 Å². The molecule has 139 heavy (non-hydrogen) atoms. The van der Waals surface area contributed by atoms with Gasteiger partial charge in [0, 0.05) is 66.0 Å². The average molecular weight is 1860 g/mol. The number of aliphatic hydroxyl groups is 1. The van der Waals surface area contributed by atoms with E-state index in [-0.39, 0.29) is 46.8 Å². The molecule has 30 heteroatoms. The van der Waals surface area contributed by atoms with Crippen molar-refractivity contribution in [2.45, 2.75) is 89.8 Å². The van der Waals surface area contributed by atoms with Crippen LogP contribution in [0, 0.1) is 24.4 Å². The summed E-state index contributed by atoms with van der Waals surface area (Å²) in [5.74, 6) is 0.881. The Bertz CT molecular complexity index is 8130. The van der Waals surface area contributed by atoms with Crippen LogP contribution in [0.15, 0.2) is 298 Å². The summed E-state index contributed by atoms with van der Waals surface area (Å²) in [5.41, 5.74) is 38.5. The molecule has 1 unspecified atom stereocenters. The van der Waals surface area contributed by atoms with Gasteiger partial charge >= 0.3 is 6.18 Å². The van der Waals surface area contributed by atoms with Crippen molar-refractivity contribution >= 4 is 100 Å². The Hall–Kier alpha value is -17.2. The molecule has 0 spiro atoms. The molecule has 4 amide bonds. The zero-order valence-corrected chi connectivity index (χ0v) is 75.5. The maximum Gasteiger partial charge on any atom is 0.423 e. The topological polar surface area (TPSA) is 347 Å². The minimum atomic E-state index is -4.86. The maximum absolute atomic E-state index is 13.5. The number of nitrogens with two attached hydrogens (primary N) is 4. The summed E-state index contributed by atoms with van der Waals surface area (Å²) in [6, 6.07) is 83.8. The second-order valence-corrected chi connectivity index (χ2v) is 33.8. The first-order valence-corrected chi connectivity index (χ1v) is 44.6. The van der Waals surface area contributed by atoms with Crippen molar-refractivity contribution in [1.29, 1.82) is 0 Å². The number of pyridine rings is 5. The highest BCUT2D eigenvalue weighted by Crippen LogP contribution is 2.44. The van der Waals surface area contributed by atoms with Gasteiger partial charge in [0.1, 0.15) is 57.6 Å². The number of amides is 4. The molecule has 0 aliphatic heterocycles. The summed E-state index contributed by atoms with van der Waals surface area (Å²) in [6.45, 7) is 5.20. The van der Waals surface area contributed by atoms with Crippen molar-refractivity contribution < 1.29 is 60.1 Å². The number of halogens is 6. The third-order valence-corrected chi connectivity index (χ3v) is 24.9. The number of carbonyl (C=O) groups is 4. The third kappa shape index (κ3) is 19.4. The second kappa shape index (κ2) is 39.0. The van der Waals surface area contributed by atoms with Crippen LogP contribution in [-0.2, 0) is 31.8 Å². The number of carbonyl (C=O) groups excluding carboxylic acids is 4. The number of aromatic nitrogens is 13. The van der Waals surface area contributed by atoms with Gasteiger partial charge in [0.25, 0.3) is 23.6 Å². The average Bonchev–Trinajstić information content (AvgIpc) is 1.60. The fraction of sp³-hybridized carbons (Fsp3) is 0.147. The monoisotopic (exact) mass is 1860 g/mol. The summed E-state index contributed by atoms with van der Waals surface area (Å²) in [5, 5.41) is 13.5. The highest BCUT2D eigenvalue weighted by molar-refractivity contribution is 6.05. The third-order valence-electron chi connectivity index (χ3n) is 24.9. The molecule has 21 rings (SSSR count). The molecule has 1 aliphatic carbocycles. The van der Waals surface area contributed by atoms with Crippen LogP contribution in [0.4, 0.5) is 26.3 Å². The highest BCUT2D eigenvalue weighted by atomic mass is 19.4. The number of benzene rings is 11. The van der Waals surface area contributed by atoms with Crippen LogP contribution in [0.2, 0.25) is 0 Å². The molecule has 0 radical (unpaired) electrons. The number of hydrogen-bond acceptors (Lipinski definition) is 16. The van der Waals surface area contributed by atoms with E-state index in [4.69, 9.17) is 42.4 Å². The Morgan fingerprint density at radius 1 is 0.403 bits per heavy atom. The van der Waals surface area contributed by atoms with Crippen molar-refractivity contribution in [2.24, 2.45) is 22.9 Å². The number of ether oxygens (including phenoxy) is 2. The van der Waals surface area contributed by atoms with E-state index >= 15 is 0 Å². The molecule has 9 aromatic heterocycles. The van der Waals surface area contributed by atoms with Crippen molar-refractivity contribution in [3.05, 3.63) is 378 Å². The Kier molecular flexibility index (Phi) is 25.9. The van der Waals surface area contributed by atoms with E-state index in [0.717, 1.165) is 133 Å². The Morgan fingerprint density at radius 3 is 1.20 bits per heavy atom. The number of methoxy groups -OCH3 is 2. The molecule has 1 saturated carbocycles. The molecule has 9 N–H and O–H groups in total. The molecule has 20 aromatic rings. The van der Waals surface area contributed by atoms with Crippen LogP contribution in [0.5, 0.6) is 11.5 Å². The van der Waals surface area contributed by atoms with E-state index < -0.39 is 47.5 Å². The molecule has 0 bridgehead atoms. The van der Waals surface area contributed by atoms with E-state index in [0.29, 0.717) is 70.2 Å². The molecule has 1 fully saturated rings. The van der Waals surface area contributed by atoms with Crippen LogP contribution in [-0.4, -0.2) is 112 Å². The molecule has 1 atom stereocenters. The standard InChI is InChI=1S/C29H20FN5O.C29H25FN4O.C26H25F3N4O4.C25H19FN4O/c30-20-11-9-19(10-12-20)22-16-26(28(31)36)33-25-15-18(8-13-21(22)25)17-35-27-7-2-1-5-23(27)34-29(35)24-6-3-4-14-32-24;30-21-12-10-19(11-13-21)23-16-26(28(31)35)32-25-15-18(9-14-22(23)25)17-34-27-8-4-3-7-24(27)33-29(34)20-5-1-2-6-20;1-4-25(35,26(27,28)29)23-13-33(14-31-23)12-15-5-7-17-18(11-20(24(30)34)32-19(17)9-15)16-6-8-21(36-2)22(10-16)37-3;1-15-28-21-4-2-3-5-24(21)30(15)14-16-6-11-19-20(17-7-9-18(26)10-8-17)13-23(25(27)31)29-22(19)12-16/h1-16H,17H2,(H2,31,36);3-4,7-16,20H,1-2,5-6,17H2,(H2,31,35);5-11,13-14,35H,4,12H2,1-3H3,(H2,30,34);2-13H,14H2,1H3,(H2,27,31). The number of fused-ring (bicyclic) bond motifs is 7. The molecular formula is C109H89F6N17O7. The number of primary amides is 4. The van der Waals surface area contributed by atoms with E-state index in [1.54, 1.807) is 91.1 Å². The molecular weight excluding hydrogens is 1770 g/mol. The van der Waals surface area contributed by atoms with Gasteiger partial charge in [0.15, 0.2) is 17.3 Å². The zero-order chi connectivity index (χ0) is 97.1. The summed E-state index contributed by atoms with van der Waals surface area (Å²) in [4.78, 5) is 88.7. The maximum atomic E-state index is 13.5. The molecule has 11 aromatic carbocycles. The first kappa shape index (κ1) is 92.3. The minimum absolute atomic E-state index is 0.0533. The van der Waals surface area contributed by atoms with Crippen LogP contribution in [0.1, 0.15) is 126 Å². The Balaban J connectivity index is 0.000000123. The summed E-state index contributed by atoms with van der Waals surface area (Å²) in [7, 11) is 3.05. The molecule has 24 nitrogen and oxygen atoms in total. The van der Waals surface area contributed by atoms with Crippen LogP contribution in [0.3, 0.4) is 0 Å². The SMILES string of the molecule is CCC(O)(c1cn(Cc2ccc3c(-c4ccc(OC)c(OC)c4)cc(C(N)=O)nc3c2)cn1)C(F)(F)F.Cc1nc2ccccc2n1Cc1ccc2c(-c3ccc(F)cc3)cc(C(N)=O)nc2c1.NC(=O)c1cc(-c2ccc(F)cc2)c2ccc(Cn3c(-c4ccccn4)nc4ccccc43)cc2n1.NC(=O)c1cc(-c2ccc(F)cc2)c2ccc(Cn3c(C4CCCC4)nc4ccccc43)cc2n1. The van der Waals surface area contributed by atoms with Crippen LogP contribution in [0.25, 0.3) is 133 Å². The van der Waals surface area contributed by atoms with E-state index in [9.17, 15) is 50.6 Å². The van der Waals surface area contributed by atoms with E-state index in [1.165, 1.54) is 100 Å². The lowest BCUT2D eigenvalue weighted by Crippen LogP contribution is -2.42. The van der Waals surface area contributed by atoms with Gasteiger partial charge < -0.3 is 55.8 Å². The Labute approximate surface area is 791 Å². The van der Waals surface area contributed by atoms with Crippen LogP contribution >= 0.6 is 0 Å². The van der Waals surface area contributed by atoms with Gasteiger partial charge in [-0.1, -0.05) is 153 Å². The van der Waals surface area contributed by atoms with Gasteiger partial charge in [0.05, 0.1) is 81.4 Å². The molecule has 0 saturated heterocycles. The second-order valence-electron chi connectivity index (χ2n) is 33.8. The van der Waals surface area contributed by atoms with Gasteiger partial charge in [0.2, 0.25) is 5.60 Å². The zero-order valence-electron chi connectivity index (χ0n) is 75.5. The van der Waals surface area contributed by atoms with Gasteiger partial charge in [-0.3, -0.25) is 24.2 Å². The predicted octanol–water partition coefficient (Wildman–Crippen LogP) is 21.1. The largest absolute Gasteiger partial charge is 0.493 e. The first-order valence-electron chi connectivity index (χ1n) is 44.6. The Morgan fingerprint density at radius 2 is 0.784 bits per heavy atom. The summed E-state index contributed by atoms with van der Waals surface area (Å²) >= 11 is 0. The van der Waals surface area contributed by atoms with Gasteiger partial charge in [-0.2, -0.15) is 13.2 Å². The summed E-state index contributed by atoms with van der Waals surface area (Å²) in [6.07, 6.45) is 3.56. The number of para-hydroxylation sites is 6. The minimum Gasteiger partial charge on any atom is -0.493 e. The predicted molar refractivity (Wildman–Crippen MR) is 523 cm³/mol. The van der Waals surface area contributed by atoms with Gasteiger partial charge in [-0.25, -0.2) is 53.0 Å². The van der Waals surface area contributed by atoms with E-state index in [2.05, 4.69) is 72.9 Å². The summed E-state index contributed by atoms with van der Waals surface area (Å²) < 4.78 is 99.4. The lowest BCUT2D eigenvalue weighted by atomic mass is 9.96. The van der Waals surface area contributed by atoms with Gasteiger partial charge in [-0.05, 0) is 239 Å². The number of nitrogens with zero attached hydrogens (tertiary/aromatic N) is 13. The highest BCUT2D eigenvalue weighted by Gasteiger charge is 2.55. The quantitative estimate of drug-likeness (QED) is 0.0394. The number of alkyl halides is 3. The molecule has 1 aliphatic rings. The van der Waals surface area contributed by atoms with Crippen LogP contribution < -0.4 is 32.4 Å². The fourth-order valence-corrected chi connectivity index (χ4v) is 17.9. The number of hydrogen-bond donors (Lipinski definition) is 5. The first-order chi connectivity index (χ1) is 67.1. The fourth-order valence-electron chi connectivity index (χ4n) is 17.9. The van der Waals surface area contributed by atoms with Crippen molar-refractivity contribution in [1.82, 2.24) is 63.1 Å².